The van der Waals surface area contributed by atoms with E-state index >= 15 is 0 Å². The minimum atomic E-state index is 0.408. The van der Waals surface area contributed by atoms with Crippen LogP contribution in [0.5, 0.6) is 0 Å². The van der Waals surface area contributed by atoms with Crippen LogP contribution in [-0.4, -0.2) is 0 Å². The van der Waals surface area contributed by atoms with Gasteiger partial charge in [-0.25, -0.2) is 0 Å². The van der Waals surface area contributed by atoms with E-state index in [1.54, 1.807) is 18.2 Å². The van der Waals surface area contributed by atoms with Crippen LogP contribution < -0.4 is 5.73 Å². The fourth-order valence-corrected chi connectivity index (χ4v) is 1.73. The van der Waals surface area contributed by atoms with Gasteiger partial charge in [-0.1, -0.05) is 27.5 Å². The van der Waals surface area contributed by atoms with Crippen LogP contribution in [0, 0.1) is 11.3 Å². The van der Waals surface area contributed by atoms with Gasteiger partial charge in [-0.3, -0.25) is 0 Å². The molecule has 0 atom stereocenters. The zero-order valence-corrected chi connectivity index (χ0v) is 8.93. The molecule has 0 unspecified atom stereocenters. The molecule has 66 valence electrons. The highest BCUT2D eigenvalue weighted by Gasteiger charge is 1.99. The molecular formula is C9H6BrClN2. The van der Waals surface area contributed by atoms with E-state index in [0.717, 1.165) is 10.0 Å². The topological polar surface area (TPSA) is 49.8 Å². The molecule has 0 aromatic heterocycles. The van der Waals surface area contributed by atoms with Gasteiger partial charge in [0.05, 0.1) is 6.07 Å². The van der Waals surface area contributed by atoms with Crippen LogP contribution in [0.25, 0.3) is 5.70 Å². The number of nitriles is 1. The van der Waals surface area contributed by atoms with Crippen LogP contribution in [0.1, 0.15) is 5.56 Å². The Balaban J connectivity index is 3.17. The largest absolute Gasteiger partial charge is 0.398 e. The van der Waals surface area contributed by atoms with Crippen molar-refractivity contribution in [2.24, 2.45) is 5.73 Å². The summed E-state index contributed by atoms with van der Waals surface area (Å²) in [4.78, 5) is 0. The molecule has 0 aliphatic heterocycles. The Morgan fingerprint density at radius 2 is 2.23 bits per heavy atom. The van der Waals surface area contributed by atoms with Gasteiger partial charge in [0.2, 0.25) is 0 Å². The van der Waals surface area contributed by atoms with Crippen molar-refractivity contribution >= 4 is 33.2 Å². The molecule has 4 heteroatoms. The van der Waals surface area contributed by atoms with Gasteiger partial charge in [0, 0.05) is 26.8 Å². The van der Waals surface area contributed by atoms with Crippen molar-refractivity contribution in [1.29, 1.82) is 5.26 Å². The summed E-state index contributed by atoms with van der Waals surface area (Å²) in [5.41, 5.74) is 6.75. The van der Waals surface area contributed by atoms with Gasteiger partial charge < -0.3 is 5.73 Å². The normalized spacial score (nSPS) is 11.0. The highest BCUT2D eigenvalue weighted by atomic mass is 79.9. The van der Waals surface area contributed by atoms with E-state index in [2.05, 4.69) is 15.9 Å². The summed E-state index contributed by atoms with van der Waals surface area (Å²) >= 11 is 9.08. The van der Waals surface area contributed by atoms with Crippen molar-refractivity contribution in [2.75, 3.05) is 0 Å². The van der Waals surface area contributed by atoms with Crippen LogP contribution >= 0.6 is 27.5 Å². The SMILES string of the molecule is N#C/C=C(/N)c1cc(Cl)cc(Br)c1. The van der Waals surface area contributed by atoms with Crippen LogP contribution in [-0.2, 0) is 0 Å². The second-order valence-corrected chi connectivity index (χ2v) is 3.74. The summed E-state index contributed by atoms with van der Waals surface area (Å²) in [7, 11) is 0. The van der Waals surface area contributed by atoms with E-state index in [1.165, 1.54) is 6.08 Å². The molecular weight excluding hydrogens is 251 g/mol. The Hall–Kier alpha value is -0.980. The van der Waals surface area contributed by atoms with Crippen molar-refractivity contribution in [2.45, 2.75) is 0 Å². The monoisotopic (exact) mass is 256 g/mol. The minimum Gasteiger partial charge on any atom is -0.398 e. The molecule has 0 spiro atoms. The van der Waals surface area contributed by atoms with E-state index in [0.29, 0.717) is 10.7 Å². The van der Waals surface area contributed by atoms with E-state index < -0.39 is 0 Å². The van der Waals surface area contributed by atoms with Gasteiger partial charge in [0.25, 0.3) is 0 Å². The van der Waals surface area contributed by atoms with Crippen molar-refractivity contribution in [1.82, 2.24) is 0 Å². The number of allylic oxidation sites excluding steroid dienone is 1. The lowest BCUT2D eigenvalue weighted by molar-refractivity contribution is 1.48. The molecule has 2 nitrogen and oxygen atoms in total. The average molecular weight is 258 g/mol. The molecule has 0 aliphatic rings. The molecule has 13 heavy (non-hydrogen) atoms. The molecule has 1 aromatic carbocycles. The fraction of sp³-hybridized carbons (Fsp3) is 0. The number of hydrogen-bond donors (Lipinski definition) is 1. The molecule has 0 bridgehead atoms. The Labute approximate surface area is 89.7 Å². The molecule has 2 N–H and O–H groups in total. The molecule has 1 aromatic rings. The third kappa shape index (κ3) is 2.76. The van der Waals surface area contributed by atoms with Gasteiger partial charge in [-0.15, -0.1) is 0 Å². The molecule has 0 saturated carbocycles. The van der Waals surface area contributed by atoms with E-state index in [9.17, 15) is 0 Å². The zero-order valence-electron chi connectivity index (χ0n) is 6.59. The summed E-state index contributed by atoms with van der Waals surface area (Å²) in [5, 5.41) is 8.97. The number of nitrogens with two attached hydrogens (primary N) is 1. The quantitative estimate of drug-likeness (QED) is 0.787. The lowest BCUT2D eigenvalue weighted by atomic mass is 10.1. The Kier molecular flexibility index (Phi) is 3.35. The first kappa shape index (κ1) is 10.1. The number of halogens is 2. The zero-order chi connectivity index (χ0) is 9.84. The van der Waals surface area contributed by atoms with E-state index in [-0.39, 0.29) is 0 Å². The molecule has 0 heterocycles. The van der Waals surface area contributed by atoms with Gasteiger partial charge in [-0.2, -0.15) is 5.26 Å². The lowest BCUT2D eigenvalue weighted by Gasteiger charge is -2.01. The Morgan fingerprint density at radius 3 is 2.77 bits per heavy atom. The number of benzene rings is 1. The van der Waals surface area contributed by atoms with Crippen LogP contribution in [0.2, 0.25) is 5.02 Å². The third-order valence-electron chi connectivity index (χ3n) is 1.42. The Morgan fingerprint density at radius 1 is 1.54 bits per heavy atom. The average Bonchev–Trinajstić information content (AvgIpc) is 2.03. The Bertz CT molecular complexity index is 373. The van der Waals surface area contributed by atoms with Gasteiger partial charge >= 0.3 is 0 Å². The smallest absolute Gasteiger partial charge is 0.0933 e. The highest BCUT2D eigenvalue weighted by molar-refractivity contribution is 9.10. The predicted octanol–water partition coefficient (Wildman–Crippen LogP) is 2.93. The number of rotatable bonds is 1. The van der Waals surface area contributed by atoms with Gasteiger partial charge in [0.1, 0.15) is 0 Å². The summed E-state index contributed by atoms with van der Waals surface area (Å²) < 4.78 is 0.837. The molecule has 1 rings (SSSR count). The van der Waals surface area contributed by atoms with Gasteiger partial charge in [0.15, 0.2) is 0 Å². The summed E-state index contributed by atoms with van der Waals surface area (Å²) in [6, 6.07) is 7.12. The number of nitrogens with zero attached hydrogens (tertiary/aromatic N) is 1. The second-order valence-electron chi connectivity index (χ2n) is 2.39. The lowest BCUT2D eigenvalue weighted by Crippen LogP contribution is -1.95. The van der Waals surface area contributed by atoms with Gasteiger partial charge in [-0.05, 0) is 18.2 Å². The highest BCUT2D eigenvalue weighted by Crippen LogP contribution is 2.22. The van der Waals surface area contributed by atoms with Crippen molar-refractivity contribution < 1.29 is 0 Å². The molecule has 0 saturated heterocycles. The maximum Gasteiger partial charge on any atom is 0.0933 e. The maximum absolute atomic E-state index is 8.39. The maximum atomic E-state index is 8.39. The first-order chi connectivity index (χ1) is 6.13. The minimum absolute atomic E-state index is 0.408. The van der Waals surface area contributed by atoms with E-state index in [1.807, 2.05) is 6.07 Å². The molecule has 0 radical (unpaired) electrons. The summed E-state index contributed by atoms with van der Waals surface area (Å²) in [5.74, 6) is 0. The van der Waals surface area contributed by atoms with Crippen molar-refractivity contribution in [3.05, 3.63) is 39.3 Å². The fourth-order valence-electron chi connectivity index (χ4n) is 0.873. The number of hydrogen-bond acceptors (Lipinski definition) is 2. The van der Waals surface area contributed by atoms with Crippen LogP contribution in [0.3, 0.4) is 0 Å². The summed E-state index contributed by atoms with van der Waals surface area (Å²) in [6.45, 7) is 0. The van der Waals surface area contributed by atoms with Crippen LogP contribution in [0.15, 0.2) is 28.7 Å². The molecule has 0 amide bonds. The first-order valence-electron chi connectivity index (χ1n) is 3.45. The molecule has 0 aliphatic carbocycles. The third-order valence-corrected chi connectivity index (χ3v) is 2.09. The molecule has 0 fully saturated rings. The van der Waals surface area contributed by atoms with Crippen molar-refractivity contribution in [3.63, 3.8) is 0 Å². The van der Waals surface area contributed by atoms with E-state index in [4.69, 9.17) is 22.6 Å². The standard InChI is InChI=1S/C9H6BrClN2/c10-7-3-6(4-8(11)5-7)9(13)1-2-12/h1,3-5H,13H2/b9-1+. The van der Waals surface area contributed by atoms with Crippen LogP contribution in [0.4, 0.5) is 0 Å². The first-order valence-corrected chi connectivity index (χ1v) is 4.62. The predicted molar refractivity (Wildman–Crippen MR) is 56.9 cm³/mol. The second kappa shape index (κ2) is 4.31. The van der Waals surface area contributed by atoms with Crippen molar-refractivity contribution in [3.8, 4) is 6.07 Å². The summed E-state index contributed by atoms with van der Waals surface area (Å²) in [6.07, 6.45) is 1.28.